The molecule has 0 saturated carbocycles. The summed E-state index contributed by atoms with van der Waals surface area (Å²) in [7, 11) is 0. The smallest absolute Gasteiger partial charge is 0.325 e. The Labute approximate surface area is 177 Å². The van der Waals surface area contributed by atoms with Gasteiger partial charge in [-0.1, -0.05) is 43.9 Å². The Kier molecular flexibility index (Phi) is 11.5. The Balaban J connectivity index is 2.35. The molecule has 1 aromatic rings. The fourth-order valence-electron chi connectivity index (χ4n) is 2.43. The molecule has 0 aliphatic rings. The third kappa shape index (κ3) is 12.0. The molecule has 0 fully saturated rings. The zero-order valence-corrected chi connectivity index (χ0v) is 17.6. The highest BCUT2D eigenvalue weighted by molar-refractivity contribution is 5.69. The van der Waals surface area contributed by atoms with E-state index in [9.17, 15) is 19.4 Å². The van der Waals surface area contributed by atoms with E-state index in [-0.39, 0.29) is 24.8 Å². The van der Waals surface area contributed by atoms with Crippen molar-refractivity contribution < 1.29 is 29.0 Å². The van der Waals surface area contributed by atoms with Gasteiger partial charge in [0.05, 0.1) is 6.42 Å². The Morgan fingerprint density at radius 3 is 2.63 bits per heavy atom. The monoisotopic (exact) mass is 419 g/mol. The molecule has 3 N–H and O–H groups in total. The SMILES string of the molecule is CCNOC(=O)CC(C)(C)C[C@H](O)C#C/C=C/C=C/[C@H](O)COc1ccc(F)cc1. The molecule has 6 nitrogen and oxygen atoms in total. The minimum atomic E-state index is -0.879. The van der Waals surface area contributed by atoms with Gasteiger partial charge in [0.15, 0.2) is 0 Å². The number of benzene rings is 1. The summed E-state index contributed by atoms with van der Waals surface area (Å²) < 4.78 is 18.1. The number of carbonyl (C=O) groups excluding carboxylic acids is 1. The molecule has 0 unspecified atom stereocenters. The van der Waals surface area contributed by atoms with E-state index in [4.69, 9.17) is 9.57 Å². The molecule has 0 aliphatic heterocycles. The van der Waals surface area contributed by atoms with Crippen molar-refractivity contribution in [1.29, 1.82) is 0 Å². The van der Waals surface area contributed by atoms with Crippen molar-refractivity contribution in [2.24, 2.45) is 5.41 Å². The molecule has 0 spiro atoms. The van der Waals surface area contributed by atoms with Gasteiger partial charge in [-0.05, 0) is 49.1 Å². The lowest BCUT2D eigenvalue weighted by molar-refractivity contribution is -0.153. The topological polar surface area (TPSA) is 88.0 Å². The van der Waals surface area contributed by atoms with Gasteiger partial charge in [-0.2, -0.15) is 5.48 Å². The van der Waals surface area contributed by atoms with Gasteiger partial charge in [0, 0.05) is 6.54 Å². The van der Waals surface area contributed by atoms with E-state index < -0.39 is 17.6 Å². The Bertz CT molecular complexity index is 762. The fraction of sp³-hybridized carbons (Fsp3) is 0.435. The first kappa shape index (κ1) is 25.4. The van der Waals surface area contributed by atoms with Crippen LogP contribution in [0.2, 0.25) is 0 Å². The lowest BCUT2D eigenvalue weighted by Gasteiger charge is -2.24. The maximum absolute atomic E-state index is 12.8. The molecular formula is C23H30FNO5. The lowest BCUT2D eigenvalue weighted by atomic mass is 9.83. The van der Waals surface area contributed by atoms with E-state index in [2.05, 4.69) is 17.3 Å². The highest BCUT2D eigenvalue weighted by Gasteiger charge is 2.25. The molecule has 0 aromatic heterocycles. The van der Waals surface area contributed by atoms with Crippen LogP contribution in [0.1, 0.15) is 33.6 Å². The summed E-state index contributed by atoms with van der Waals surface area (Å²) in [4.78, 5) is 16.5. The highest BCUT2D eigenvalue weighted by atomic mass is 19.1. The summed E-state index contributed by atoms with van der Waals surface area (Å²) >= 11 is 0. The van der Waals surface area contributed by atoms with Gasteiger partial charge in [-0.25, -0.2) is 4.39 Å². The minimum Gasteiger partial charge on any atom is -0.491 e. The van der Waals surface area contributed by atoms with Crippen LogP contribution < -0.4 is 10.2 Å². The van der Waals surface area contributed by atoms with Crippen molar-refractivity contribution in [3.8, 4) is 17.6 Å². The minimum absolute atomic E-state index is 0.0334. The van der Waals surface area contributed by atoms with Crippen LogP contribution >= 0.6 is 0 Å². The molecular weight excluding hydrogens is 389 g/mol. The van der Waals surface area contributed by atoms with Gasteiger partial charge >= 0.3 is 5.97 Å². The lowest BCUT2D eigenvalue weighted by Crippen LogP contribution is -2.27. The van der Waals surface area contributed by atoms with Crippen LogP contribution in [0.15, 0.2) is 48.6 Å². The van der Waals surface area contributed by atoms with E-state index in [1.165, 1.54) is 30.3 Å². The van der Waals surface area contributed by atoms with Crippen molar-refractivity contribution in [3.63, 3.8) is 0 Å². The summed E-state index contributed by atoms with van der Waals surface area (Å²) in [5.41, 5.74) is 2.05. The number of aliphatic hydroxyl groups is 2. The van der Waals surface area contributed by atoms with E-state index in [1.807, 2.05) is 20.8 Å². The number of hydrogen-bond acceptors (Lipinski definition) is 6. The first-order valence-electron chi connectivity index (χ1n) is 9.73. The molecule has 0 bridgehead atoms. The summed E-state index contributed by atoms with van der Waals surface area (Å²) in [6.45, 7) is 6.10. The molecule has 30 heavy (non-hydrogen) atoms. The van der Waals surface area contributed by atoms with E-state index in [0.29, 0.717) is 18.7 Å². The summed E-state index contributed by atoms with van der Waals surface area (Å²) in [5.74, 6) is 5.15. The summed E-state index contributed by atoms with van der Waals surface area (Å²) in [5, 5.41) is 19.9. The molecule has 2 atom stereocenters. The van der Waals surface area contributed by atoms with Crippen LogP contribution in [0.4, 0.5) is 4.39 Å². The van der Waals surface area contributed by atoms with Crippen molar-refractivity contribution >= 4 is 5.97 Å². The zero-order chi connectivity index (χ0) is 22.4. The number of allylic oxidation sites excluding steroid dienone is 3. The summed E-state index contributed by atoms with van der Waals surface area (Å²) in [6, 6.07) is 5.53. The standard InChI is InChI=1S/C23H30FNO5/c1-4-25-30-22(28)16-23(2,3)15-19(26)9-7-5-6-8-10-20(27)17-29-21-13-11-18(24)12-14-21/h5-6,8,10-14,19-20,25-27H,4,15-17H2,1-3H3/b6-5+,10-8+/t19-,20+/m1/s1. The quantitative estimate of drug-likeness (QED) is 0.290. The Hall–Kier alpha value is -2.66. The van der Waals surface area contributed by atoms with Crippen molar-refractivity contribution in [2.75, 3.05) is 13.2 Å². The number of carbonyl (C=O) groups is 1. The van der Waals surface area contributed by atoms with Crippen molar-refractivity contribution in [1.82, 2.24) is 5.48 Å². The second-order valence-corrected chi connectivity index (χ2v) is 7.40. The van der Waals surface area contributed by atoms with Crippen LogP contribution in [0.25, 0.3) is 0 Å². The van der Waals surface area contributed by atoms with E-state index >= 15 is 0 Å². The second kappa shape index (κ2) is 13.5. The first-order chi connectivity index (χ1) is 14.2. The number of nitrogens with one attached hydrogen (secondary N) is 1. The third-order valence-corrected chi connectivity index (χ3v) is 3.81. The van der Waals surface area contributed by atoms with Crippen LogP contribution in [-0.2, 0) is 9.63 Å². The maximum Gasteiger partial charge on any atom is 0.325 e. The van der Waals surface area contributed by atoms with Gasteiger partial charge in [0.25, 0.3) is 0 Å². The largest absolute Gasteiger partial charge is 0.491 e. The molecule has 0 aliphatic carbocycles. The van der Waals surface area contributed by atoms with Crippen molar-refractivity contribution in [3.05, 3.63) is 54.4 Å². The molecule has 0 radical (unpaired) electrons. The second-order valence-electron chi connectivity index (χ2n) is 7.40. The summed E-state index contributed by atoms with van der Waals surface area (Å²) in [6.07, 6.45) is 5.08. The predicted octanol–water partition coefficient (Wildman–Crippen LogP) is 2.92. The zero-order valence-electron chi connectivity index (χ0n) is 17.6. The molecule has 1 rings (SSSR count). The van der Waals surface area contributed by atoms with Gasteiger partial charge < -0.3 is 19.8 Å². The van der Waals surface area contributed by atoms with Gasteiger partial charge in [0.2, 0.25) is 0 Å². The number of halogens is 1. The number of rotatable bonds is 11. The molecule has 1 aromatic carbocycles. The molecule has 0 heterocycles. The average Bonchev–Trinajstić information content (AvgIpc) is 2.67. The molecule has 0 amide bonds. The highest BCUT2D eigenvalue weighted by Crippen LogP contribution is 2.27. The normalized spacial score (nSPS) is 13.7. The van der Waals surface area contributed by atoms with Crippen LogP contribution in [0.3, 0.4) is 0 Å². The number of hydrogen-bond donors (Lipinski definition) is 3. The van der Waals surface area contributed by atoms with Gasteiger partial charge in [-0.3, -0.25) is 4.79 Å². The number of aliphatic hydroxyl groups excluding tert-OH is 2. The van der Waals surface area contributed by atoms with Crippen LogP contribution in [0, 0.1) is 23.1 Å². The van der Waals surface area contributed by atoms with Crippen LogP contribution in [0.5, 0.6) is 5.75 Å². The maximum atomic E-state index is 12.8. The van der Waals surface area contributed by atoms with Gasteiger partial charge in [-0.15, -0.1) is 0 Å². The van der Waals surface area contributed by atoms with Gasteiger partial charge in [0.1, 0.15) is 30.4 Å². The van der Waals surface area contributed by atoms with E-state index in [0.717, 1.165) is 0 Å². The number of hydroxylamine groups is 1. The van der Waals surface area contributed by atoms with E-state index in [1.54, 1.807) is 18.2 Å². The average molecular weight is 419 g/mol. The molecule has 7 heteroatoms. The first-order valence-corrected chi connectivity index (χ1v) is 9.73. The number of ether oxygens (including phenoxy) is 1. The molecule has 164 valence electrons. The molecule has 0 saturated heterocycles. The predicted molar refractivity (Wildman–Crippen MR) is 113 cm³/mol. The third-order valence-electron chi connectivity index (χ3n) is 3.81. The van der Waals surface area contributed by atoms with Crippen LogP contribution in [-0.4, -0.2) is 41.5 Å². The Morgan fingerprint density at radius 2 is 1.97 bits per heavy atom. The fourth-order valence-corrected chi connectivity index (χ4v) is 2.43. The van der Waals surface area contributed by atoms with Crippen molar-refractivity contribution in [2.45, 2.75) is 45.8 Å². The Morgan fingerprint density at radius 1 is 1.27 bits per heavy atom.